The summed E-state index contributed by atoms with van der Waals surface area (Å²) >= 11 is 1.45. The number of anilines is 1. The molecule has 0 spiro atoms. The number of carbonyl (C=O) groups is 2. The first kappa shape index (κ1) is 25.6. The number of thioether (sulfide) groups is 1. The Bertz CT molecular complexity index is 1480. The summed E-state index contributed by atoms with van der Waals surface area (Å²) in [6.45, 7) is 5.10. The van der Waals surface area contributed by atoms with Gasteiger partial charge in [-0.25, -0.2) is 0 Å². The zero-order chi connectivity index (χ0) is 26.5. The fraction of sp³-hybridized carbons (Fsp3) is 0.152. The Kier molecular flexibility index (Phi) is 7.75. The van der Waals surface area contributed by atoms with Crippen LogP contribution >= 0.6 is 11.8 Å². The first-order valence-corrected chi connectivity index (χ1v) is 13.6. The molecular formula is C33H30N2O2S. The lowest BCUT2D eigenvalue weighted by molar-refractivity contribution is -0.114. The molecule has 5 rings (SSSR count). The molecule has 0 saturated heterocycles. The molecule has 1 unspecified atom stereocenters. The van der Waals surface area contributed by atoms with Crippen molar-refractivity contribution in [2.24, 2.45) is 0 Å². The van der Waals surface area contributed by atoms with Crippen molar-refractivity contribution < 1.29 is 9.59 Å². The van der Waals surface area contributed by atoms with E-state index in [1.807, 2.05) is 97.9 Å². The lowest BCUT2D eigenvalue weighted by atomic mass is 10.0. The van der Waals surface area contributed by atoms with Crippen LogP contribution in [-0.4, -0.2) is 18.4 Å². The normalized spacial score (nSPS) is 14.7. The minimum atomic E-state index is -0.144. The van der Waals surface area contributed by atoms with Crippen molar-refractivity contribution in [1.82, 2.24) is 5.32 Å². The van der Waals surface area contributed by atoms with Gasteiger partial charge in [-0.05, 0) is 53.8 Å². The molecule has 1 heterocycles. The van der Waals surface area contributed by atoms with Crippen LogP contribution in [0, 0.1) is 6.92 Å². The summed E-state index contributed by atoms with van der Waals surface area (Å²) in [5.41, 5.74) is 5.65. The predicted octanol–water partition coefficient (Wildman–Crippen LogP) is 7.21. The maximum absolute atomic E-state index is 13.8. The number of nitrogens with one attached hydrogen (secondary N) is 1. The van der Waals surface area contributed by atoms with Gasteiger partial charge in [-0.15, -0.1) is 0 Å². The molecule has 0 bridgehead atoms. The average molecular weight is 519 g/mol. The van der Waals surface area contributed by atoms with E-state index >= 15 is 0 Å². The van der Waals surface area contributed by atoms with Gasteiger partial charge in [-0.2, -0.15) is 0 Å². The monoisotopic (exact) mass is 518 g/mol. The van der Waals surface area contributed by atoms with Crippen LogP contribution in [0.15, 0.2) is 113 Å². The Hall–Kier alpha value is -4.09. The molecule has 0 radical (unpaired) electrons. The zero-order valence-electron chi connectivity index (χ0n) is 21.6. The van der Waals surface area contributed by atoms with Crippen LogP contribution in [0.3, 0.4) is 0 Å². The molecule has 4 nitrogen and oxygen atoms in total. The van der Waals surface area contributed by atoms with Crippen molar-refractivity contribution in [3.63, 3.8) is 0 Å². The Labute approximate surface area is 228 Å². The smallest absolute Gasteiger partial charge is 0.265 e. The number of amides is 2. The van der Waals surface area contributed by atoms with Gasteiger partial charge in [0.25, 0.3) is 11.8 Å². The standard InChI is InChI=1S/C33H30N2O2S/c1-23-10-9-13-26(18-23)22-35-29-20-28(32(36)34-21-24(2)27-14-7-4-8-15-27)16-17-30(29)38-31(33(35)37)19-25-11-5-3-6-12-25/h3-20,24H,21-22H2,1-2H3,(H,34,36)/b31-19-. The second-order valence-corrected chi connectivity index (χ2v) is 10.7. The number of rotatable bonds is 7. The lowest BCUT2D eigenvalue weighted by Gasteiger charge is -2.31. The number of nitrogens with zero attached hydrogens (tertiary/aromatic N) is 1. The van der Waals surface area contributed by atoms with E-state index in [4.69, 9.17) is 0 Å². The third kappa shape index (κ3) is 5.90. The number of carbonyl (C=O) groups excluding carboxylic acids is 2. The largest absolute Gasteiger partial charge is 0.351 e. The van der Waals surface area contributed by atoms with Crippen LogP contribution in [0.4, 0.5) is 5.69 Å². The van der Waals surface area contributed by atoms with Crippen LogP contribution in [0.2, 0.25) is 0 Å². The second-order valence-electron chi connectivity index (χ2n) is 9.61. The fourth-order valence-electron chi connectivity index (χ4n) is 4.55. The van der Waals surface area contributed by atoms with Crippen molar-refractivity contribution in [3.05, 3.63) is 136 Å². The van der Waals surface area contributed by atoms with E-state index in [-0.39, 0.29) is 17.7 Å². The van der Waals surface area contributed by atoms with Crippen molar-refractivity contribution >= 4 is 35.3 Å². The highest BCUT2D eigenvalue weighted by Gasteiger charge is 2.30. The van der Waals surface area contributed by atoms with E-state index in [2.05, 4.69) is 30.4 Å². The third-order valence-corrected chi connectivity index (χ3v) is 7.72. The third-order valence-electron chi connectivity index (χ3n) is 6.65. The van der Waals surface area contributed by atoms with E-state index in [1.54, 1.807) is 4.90 Å². The molecule has 0 aliphatic carbocycles. The van der Waals surface area contributed by atoms with Gasteiger partial charge in [-0.1, -0.05) is 109 Å². The van der Waals surface area contributed by atoms with Crippen molar-refractivity contribution in [2.75, 3.05) is 11.4 Å². The zero-order valence-corrected chi connectivity index (χ0v) is 22.4. The van der Waals surface area contributed by atoms with Crippen molar-refractivity contribution in [3.8, 4) is 0 Å². The molecule has 1 aliphatic rings. The number of hydrogen-bond donors (Lipinski definition) is 1. The quantitative estimate of drug-likeness (QED) is 0.263. The van der Waals surface area contributed by atoms with Gasteiger partial charge >= 0.3 is 0 Å². The average Bonchev–Trinajstić information content (AvgIpc) is 2.94. The van der Waals surface area contributed by atoms with Crippen molar-refractivity contribution in [2.45, 2.75) is 31.2 Å². The van der Waals surface area contributed by atoms with Crippen molar-refractivity contribution in [1.29, 1.82) is 0 Å². The topological polar surface area (TPSA) is 49.4 Å². The Morgan fingerprint density at radius 2 is 1.66 bits per heavy atom. The minimum Gasteiger partial charge on any atom is -0.351 e. The molecule has 0 aromatic heterocycles. The van der Waals surface area contributed by atoms with Gasteiger partial charge in [0.1, 0.15) is 0 Å². The summed E-state index contributed by atoms with van der Waals surface area (Å²) < 4.78 is 0. The van der Waals surface area contributed by atoms with Gasteiger partial charge in [0, 0.05) is 17.0 Å². The summed E-state index contributed by atoms with van der Waals surface area (Å²) in [4.78, 5) is 30.3. The molecule has 0 fully saturated rings. The molecule has 1 atom stereocenters. The van der Waals surface area contributed by atoms with Crippen LogP contribution in [0.1, 0.15) is 45.5 Å². The Morgan fingerprint density at radius 1 is 0.921 bits per heavy atom. The molecule has 4 aromatic carbocycles. The molecule has 2 amide bonds. The van der Waals surface area contributed by atoms with Gasteiger partial charge < -0.3 is 10.2 Å². The van der Waals surface area contributed by atoms with E-state index in [0.29, 0.717) is 23.6 Å². The predicted molar refractivity (Wildman–Crippen MR) is 156 cm³/mol. The molecule has 0 saturated carbocycles. The first-order chi connectivity index (χ1) is 18.5. The van der Waals surface area contributed by atoms with Crippen LogP contribution < -0.4 is 10.2 Å². The van der Waals surface area contributed by atoms with Gasteiger partial charge in [0.2, 0.25) is 0 Å². The number of aryl methyl sites for hydroxylation is 1. The molecule has 5 heteroatoms. The molecule has 38 heavy (non-hydrogen) atoms. The van der Waals surface area contributed by atoms with Gasteiger partial charge in [0.15, 0.2) is 0 Å². The summed E-state index contributed by atoms with van der Waals surface area (Å²) in [5.74, 6) is -0.0179. The number of fused-ring (bicyclic) bond motifs is 1. The highest BCUT2D eigenvalue weighted by atomic mass is 32.2. The summed E-state index contributed by atoms with van der Waals surface area (Å²) in [7, 11) is 0. The maximum atomic E-state index is 13.8. The van der Waals surface area contributed by atoms with Crippen LogP contribution in [0.25, 0.3) is 6.08 Å². The van der Waals surface area contributed by atoms with E-state index in [0.717, 1.165) is 27.3 Å². The van der Waals surface area contributed by atoms with Gasteiger partial charge in [-0.3, -0.25) is 9.59 Å². The highest BCUT2D eigenvalue weighted by Crippen LogP contribution is 2.43. The summed E-state index contributed by atoms with van der Waals surface area (Å²) in [5, 5.41) is 3.07. The van der Waals surface area contributed by atoms with Gasteiger partial charge in [0.05, 0.1) is 17.1 Å². The molecule has 1 aliphatic heterocycles. The van der Waals surface area contributed by atoms with Crippen LogP contribution in [-0.2, 0) is 11.3 Å². The Balaban J connectivity index is 1.43. The lowest BCUT2D eigenvalue weighted by Crippen LogP contribution is -2.34. The molecular weight excluding hydrogens is 488 g/mol. The highest BCUT2D eigenvalue weighted by molar-refractivity contribution is 8.04. The van der Waals surface area contributed by atoms with E-state index in [1.165, 1.54) is 17.3 Å². The first-order valence-electron chi connectivity index (χ1n) is 12.8. The Morgan fingerprint density at radius 3 is 2.39 bits per heavy atom. The van der Waals surface area contributed by atoms with E-state index in [9.17, 15) is 9.59 Å². The minimum absolute atomic E-state index is 0.0666. The second kappa shape index (κ2) is 11.5. The maximum Gasteiger partial charge on any atom is 0.265 e. The van der Waals surface area contributed by atoms with E-state index < -0.39 is 0 Å². The van der Waals surface area contributed by atoms with Crippen LogP contribution in [0.5, 0.6) is 0 Å². The molecule has 190 valence electrons. The molecule has 4 aromatic rings. The number of benzene rings is 4. The molecule has 1 N–H and O–H groups in total. The SMILES string of the molecule is Cc1cccc(CN2C(=O)/C(=C/c3ccccc3)Sc3ccc(C(=O)NCC(C)c4ccccc4)cc32)c1. The summed E-state index contributed by atoms with van der Waals surface area (Å²) in [6, 6.07) is 33.8. The number of hydrogen-bond acceptors (Lipinski definition) is 3. The summed E-state index contributed by atoms with van der Waals surface area (Å²) in [6.07, 6.45) is 1.94. The fourth-order valence-corrected chi connectivity index (χ4v) is 5.59.